The molecule has 2 atom stereocenters. The highest BCUT2D eigenvalue weighted by Crippen LogP contribution is 2.63. The average molecular weight is 1170 g/mol. The van der Waals surface area contributed by atoms with E-state index in [9.17, 15) is 0 Å². The zero-order chi connectivity index (χ0) is 52.9. The minimum absolute atomic E-state index is 0.134. The molecule has 0 fully saturated rings. The van der Waals surface area contributed by atoms with Crippen molar-refractivity contribution >= 4 is 114 Å². The van der Waals surface area contributed by atoms with Crippen LogP contribution in [0.3, 0.4) is 0 Å². The number of unbranched alkanes of at least 4 members (excludes halogenated alkanes) is 8. The van der Waals surface area contributed by atoms with Gasteiger partial charge in [-0.15, -0.1) is 68.0 Å². The lowest BCUT2D eigenvalue weighted by Crippen LogP contribution is -2.31. The van der Waals surface area contributed by atoms with Gasteiger partial charge in [0.1, 0.15) is 33.5 Å². The van der Waals surface area contributed by atoms with Gasteiger partial charge in [0, 0.05) is 77.7 Å². The van der Waals surface area contributed by atoms with Gasteiger partial charge in [-0.05, 0) is 122 Å². The number of aromatic nitrogens is 6. The first-order valence-electron chi connectivity index (χ1n) is 28.8. The van der Waals surface area contributed by atoms with Gasteiger partial charge in [-0.25, -0.2) is 0 Å². The van der Waals surface area contributed by atoms with Gasteiger partial charge in [0.2, 0.25) is 0 Å². The average Bonchev–Trinajstić information content (AvgIpc) is 4.45. The van der Waals surface area contributed by atoms with Crippen molar-refractivity contribution in [2.24, 2.45) is 11.8 Å². The maximum atomic E-state index is 5.37. The van der Waals surface area contributed by atoms with Crippen LogP contribution in [0.2, 0.25) is 0 Å². The minimum atomic E-state index is -0.134. The Balaban J connectivity index is 0.966. The minimum Gasteiger partial charge on any atom is -0.252 e. The topological polar surface area (TPSA) is 77.3 Å². The first kappa shape index (κ1) is 55.1. The van der Waals surface area contributed by atoms with Gasteiger partial charge < -0.3 is 0 Å². The zero-order valence-electron chi connectivity index (χ0n) is 45.7. The number of hydrogen-bond acceptors (Lipinski definition) is 14. The number of aryl methyl sites for hydroxylation is 2. The van der Waals surface area contributed by atoms with Gasteiger partial charge in [-0.3, -0.25) is 9.97 Å². The summed E-state index contributed by atoms with van der Waals surface area (Å²) in [4.78, 5) is 26.6. The van der Waals surface area contributed by atoms with E-state index in [0.717, 1.165) is 57.4 Å². The van der Waals surface area contributed by atoms with Gasteiger partial charge in [0.05, 0.1) is 33.2 Å². The van der Waals surface area contributed by atoms with Crippen molar-refractivity contribution in [1.29, 1.82) is 0 Å². The molecule has 0 aliphatic heterocycles. The van der Waals surface area contributed by atoms with E-state index in [1.165, 1.54) is 209 Å². The highest BCUT2D eigenvalue weighted by molar-refractivity contribution is 7.26. The standard InChI is InChI=1S/C63H72N6S8/c1-7-13-17-19-23-41-25-27-49(70-41)51-31-29-47(72-51)43-37-64-57(59-55(43)66-76-68-59)53-33-45-61(74-53)62-46(63(45,35-39(11-5)21-15-9-3)36-40(12-6)22-16-10-4)34-54(75-62)58-60-56(67-77-69-60)44(38-65-58)48-30-32-52(73-48)50-28-26-42(71-50)24-20-18-14-8-2/h25-34,37-40H,7-24,35-36H2,1-6H3. The normalized spacial score (nSPS) is 13.8. The van der Waals surface area contributed by atoms with E-state index in [1.807, 2.05) is 68.0 Å². The number of hydrogen-bond donors (Lipinski definition) is 0. The molecular weight excluding hydrogens is 1100 g/mol. The maximum Gasteiger partial charge on any atom is 0.132 e. The molecule has 0 spiro atoms. The van der Waals surface area contributed by atoms with Crippen LogP contribution in [0.5, 0.6) is 0 Å². The van der Waals surface area contributed by atoms with E-state index in [1.54, 1.807) is 0 Å². The third-order valence-electron chi connectivity index (χ3n) is 16.2. The Hall–Kier alpha value is -3.86. The third-order valence-corrected chi connectivity index (χ3v) is 24.6. The SMILES string of the molecule is CCCCCCc1ccc(-c2ccc(-c3cnc(-c4cc5c(s4)-c4sc(-c6ncc(-c7ccc(-c8ccc(CCCCCC)s8)s7)c7nsnc67)cc4C5(CC(CC)CCCC)CC(CC)CCCC)c4nsnc34)s2)s1. The quantitative estimate of drug-likeness (QED) is 0.0455. The predicted molar refractivity (Wildman–Crippen MR) is 342 cm³/mol. The summed E-state index contributed by atoms with van der Waals surface area (Å²) in [6.45, 7) is 14.1. The Morgan fingerprint density at radius 1 is 0.403 bits per heavy atom. The molecule has 14 heteroatoms. The first-order valence-corrected chi connectivity index (χ1v) is 35.1. The Morgan fingerprint density at radius 3 is 1.23 bits per heavy atom. The van der Waals surface area contributed by atoms with Gasteiger partial charge >= 0.3 is 0 Å². The summed E-state index contributed by atoms with van der Waals surface area (Å²) in [5, 5.41) is 0. The molecule has 2 unspecified atom stereocenters. The molecule has 0 radical (unpaired) electrons. The molecule has 10 aromatic heterocycles. The summed E-state index contributed by atoms with van der Waals surface area (Å²) in [6.07, 6.45) is 29.0. The Kier molecular flexibility index (Phi) is 18.1. The second-order valence-electron chi connectivity index (χ2n) is 21.5. The lowest BCUT2D eigenvalue weighted by atomic mass is 9.65. The molecule has 0 aromatic carbocycles. The molecule has 1 aliphatic rings. The van der Waals surface area contributed by atoms with Crippen LogP contribution in [0.4, 0.5) is 0 Å². The third kappa shape index (κ3) is 11.4. The van der Waals surface area contributed by atoms with Crippen molar-refractivity contribution in [3.05, 3.63) is 93.9 Å². The van der Waals surface area contributed by atoms with Crippen LogP contribution in [-0.2, 0) is 18.3 Å². The van der Waals surface area contributed by atoms with Crippen LogP contribution in [0, 0.1) is 11.8 Å². The molecule has 10 heterocycles. The van der Waals surface area contributed by atoms with E-state index < -0.39 is 0 Å². The monoisotopic (exact) mass is 1170 g/mol. The number of pyridine rings is 2. The second-order valence-corrected chi connectivity index (χ2v) is 29.1. The molecule has 77 heavy (non-hydrogen) atoms. The van der Waals surface area contributed by atoms with Crippen LogP contribution >= 0.6 is 91.5 Å². The molecule has 1 aliphatic carbocycles. The molecule has 0 saturated carbocycles. The fourth-order valence-corrected chi connectivity index (χ4v) is 19.9. The number of thiophene rings is 6. The molecule has 10 aromatic rings. The maximum absolute atomic E-state index is 5.37. The van der Waals surface area contributed by atoms with Gasteiger partial charge in [-0.2, -0.15) is 17.5 Å². The van der Waals surface area contributed by atoms with E-state index >= 15 is 0 Å². The van der Waals surface area contributed by atoms with E-state index in [4.69, 9.17) is 27.5 Å². The van der Waals surface area contributed by atoms with E-state index in [2.05, 4.69) is 115 Å². The first-order chi connectivity index (χ1) is 37.9. The van der Waals surface area contributed by atoms with Gasteiger partial charge in [0.15, 0.2) is 0 Å². The molecule has 0 bridgehead atoms. The Labute approximate surface area is 489 Å². The number of fused-ring (bicyclic) bond motifs is 5. The Morgan fingerprint density at radius 2 is 0.805 bits per heavy atom. The van der Waals surface area contributed by atoms with E-state index in [-0.39, 0.29) is 5.41 Å². The molecule has 0 saturated heterocycles. The van der Waals surface area contributed by atoms with Crippen molar-refractivity contribution < 1.29 is 0 Å². The van der Waals surface area contributed by atoms with Crippen LogP contribution < -0.4 is 0 Å². The highest BCUT2D eigenvalue weighted by Gasteiger charge is 2.48. The Bertz CT molecular complexity index is 3300. The largest absolute Gasteiger partial charge is 0.252 e. The van der Waals surface area contributed by atoms with E-state index in [0.29, 0.717) is 11.8 Å². The molecule has 402 valence electrons. The summed E-state index contributed by atoms with van der Waals surface area (Å²) >= 11 is 14.0. The zero-order valence-corrected chi connectivity index (χ0v) is 52.2. The summed E-state index contributed by atoms with van der Waals surface area (Å²) < 4.78 is 20.1. The predicted octanol–water partition coefficient (Wildman–Crippen LogP) is 22.6. The van der Waals surface area contributed by atoms with Crippen molar-refractivity contribution in [3.63, 3.8) is 0 Å². The lowest BCUT2D eigenvalue weighted by molar-refractivity contribution is 0.266. The lowest BCUT2D eigenvalue weighted by Gasteiger charge is -2.37. The van der Waals surface area contributed by atoms with Crippen molar-refractivity contribution in [1.82, 2.24) is 27.5 Å². The second kappa shape index (κ2) is 25.3. The van der Waals surface area contributed by atoms with Crippen LogP contribution in [0.25, 0.3) is 93.4 Å². The fourth-order valence-electron chi connectivity index (χ4n) is 11.8. The summed E-state index contributed by atoms with van der Waals surface area (Å²) in [7, 11) is 0. The summed E-state index contributed by atoms with van der Waals surface area (Å²) in [6, 6.07) is 23.5. The number of rotatable bonds is 28. The smallest absolute Gasteiger partial charge is 0.132 e. The molecular formula is C63H72N6S8. The van der Waals surface area contributed by atoms with Gasteiger partial charge in [-0.1, -0.05) is 131 Å². The highest BCUT2D eigenvalue weighted by atomic mass is 32.1. The van der Waals surface area contributed by atoms with Crippen LogP contribution in [0.1, 0.15) is 178 Å². The van der Waals surface area contributed by atoms with Crippen molar-refractivity contribution in [2.45, 2.75) is 175 Å². The summed E-state index contributed by atoms with van der Waals surface area (Å²) in [5.74, 6) is 1.24. The molecule has 6 nitrogen and oxygen atoms in total. The van der Waals surface area contributed by atoms with Crippen molar-refractivity contribution in [2.75, 3.05) is 0 Å². The number of nitrogens with zero attached hydrogens (tertiary/aromatic N) is 6. The van der Waals surface area contributed by atoms with Crippen LogP contribution in [-0.4, -0.2) is 27.5 Å². The van der Waals surface area contributed by atoms with Crippen LogP contribution in [0.15, 0.2) is 73.1 Å². The van der Waals surface area contributed by atoms with Crippen molar-refractivity contribution in [3.8, 4) is 71.3 Å². The molecule has 11 rings (SSSR count). The fraction of sp³-hybridized carbons (Fsp3) is 0.460. The molecule has 0 amide bonds. The molecule has 0 N–H and O–H groups in total. The van der Waals surface area contributed by atoms with Gasteiger partial charge in [0.25, 0.3) is 0 Å². The summed E-state index contributed by atoms with van der Waals surface area (Å²) in [5.41, 5.74) is 10.7.